The van der Waals surface area contributed by atoms with Gasteiger partial charge in [-0.2, -0.15) is 0 Å². The molecule has 1 amide bonds. The Labute approximate surface area is 161 Å². The molecule has 2 aromatic heterocycles. The zero-order valence-electron chi connectivity index (χ0n) is 15.2. The highest BCUT2D eigenvalue weighted by Gasteiger charge is 2.44. The molecular weight excluding hydrogens is 356 g/mol. The van der Waals surface area contributed by atoms with Crippen LogP contribution in [0.5, 0.6) is 0 Å². The Morgan fingerprint density at radius 2 is 1.82 bits per heavy atom. The lowest BCUT2D eigenvalue weighted by Crippen LogP contribution is -2.30. The van der Waals surface area contributed by atoms with Crippen LogP contribution in [0.25, 0.3) is 0 Å². The molecule has 0 aliphatic carbocycles. The van der Waals surface area contributed by atoms with Crippen molar-refractivity contribution < 1.29 is 19.1 Å². The average molecular weight is 374 g/mol. The van der Waals surface area contributed by atoms with Gasteiger partial charge in [-0.15, -0.1) is 0 Å². The first kappa shape index (κ1) is 17.7. The number of aryl methyl sites for hydroxylation is 1. The number of hydrogen-bond acceptors (Lipinski definition) is 5. The van der Waals surface area contributed by atoms with Crippen LogP contribution < -0.4 is 0 Å². The van der Waals surface area contributed by atoms with E-state index in [1.54, 1.807) is 43.6 Å². The second-order valence-electron chi connectivity index (χ2n) is 6.60. The van der Waals surface area contributed by atoms with Crippen molar-refractivity contribution in [1.82, 2.24) is 9.88 Å². The predicted octanol–water partition coefficient (Wildman–Crippen LogP) is 3.76. The van der Waals surface area contributed by atoms with Gasteiger partial charge < -0.3 is 14.4 Å². The van der Waals surface area contributed by atoms with Crippen LogP contribution in [0.2, 0.25) is 0 Å². The van der Waals surface area contributed by atoms with Crippen LogP contribution in [0.3, 0.4) is 0 Å². The molecule has 0 fully saturated rings. The maximum absolute atomic E-state index is 13.1. The second-order valence-corrected chi connectivity index (χ2v) is 6.60. The fourth-order valence-corrected chi connectivity index (χ4v) is 3.41. The number of nitrogens with zero attached hydrogens (tertiary/aromatic N) is 2. The van der Waals surface area contributed by atoms with Gasteiger partial charge in [0.05, 0.1) is 11.6 Å². The SMILES string of the molecule is Cc1ccc(C(=O)C2=C(O)C(=O)N(Cc3ccccc3)[C@@H]2c2ccncc2)o1. The number of pyridine rings is 1. The van der Waals surface area contributed by atoms with E-state index >= 15 is 0 Å². The van der Waals surface area contributed by atoms with Crippen LogP contribution >= 0.6 is 0 Å². The summed E-state index contributed by atoms with van der Waals surface area (Å²) in [4.78, 5) is 31.5. The summed E-state index contributed by atoms with van der Waals surface area (Å²) < 4.78 is 5.44. The lowest BCUT2D eigenvalue weighted by molar-refractivity contribution is -0.130. The van der Waals surface area contributed by atoms with Crippen LogP contribution in [0, 0.1) is 6.92 Å². The van der Waals surface area contributed by atoms with E-state index in [0.717, 1.165) is 5.56 Å². The molecule has 140 valence electrons. The van der Waals surface area contributed by atoms with Crippen LogP contribution in [0.1, 0.15) is 33.5 Å². The van der Waals surface area contributed by atoms with E-state index in [1.807, 2.05) is 30.3 Å². The minimum atomic E-state index is -0.728. The Morgan fingerprint density at radius 3 is 2.46 bits per heavy atom. The van der Waals surface area contributed by atoms with Crippen molar-refractivity contribution in [2.45, 2.75) is 19.5 Å². The molecule has 6 heteroatoms. The van der Waals surface area contributed by atoms with Gasteiger partial charge in [0.25, 0.3) is 5.91 Å². The van der Waals surface area contributed by atoms with Crippen molar-refractivity contribution in [3.8, 4) is 0 Å². The van der Waals surface area contributed by atoms with Crippen LogP contribution in [-0.2, 0) is 11.3 Å². The highest BCUT2D eigenvalue weighted by molar-refractivity contribution is 6.15. The number of rotatable bonds is 5. The summed E-state index contributed by atoms with van der Waals surface area (Å²) in [5, 5.41) is 10.6. The normalized spacial score (nSPS) is 16.7. The molecule has 3 heterocycles. The molecule has 28 heavy (non-hydrogen) atoms. The predicted molar refractivity (Wildman–Crippen MR) is 101 cm³/mol. The first-order chi connectivity index (χ1) is 13.6. The maximum Gasteiger partial charge on any atom is 0.290 e. The zero-order valence-corrected chi connectivity index (χ0v) is 15.2. The number of hydrogen-bond donors (Lipinski definition) is 1. The number of aliphatic hydroxyl groups is 1. The molecule has 1 aliphatic heterocycles. The van der Waals surface area contributed by atoms with Gasteiger partial charge in [0, 0.05) is 18.9 Å². The molecule has 0 saturated carbocycles. The molecule has 0 bridgehead atoms. The smallest absolute Gasteiger partial charge is 0.290 e. The molecule has 0 saturated heterocycles. The van der Waals surface area contributed by atoms with E-state index in [-0.39, 0.29) is 17.9 Å². The van der Waals surface area contributed by atoms with Crippen molar-refractivity contribution >= 4 is 11.7 Å². The first-order valence-corrected chi connectivity index (χ1v) is 8.85. The molecule has 0 unspecified atom stereocenters. The fraction of sp³-hybridized carbons (Fsp3) is 0.136. The summed E-state index contributed by atoms with van der Waals surface area (Å²) in [5.41, 5.74) is 1.60. The third-order valence-corrected chi connectivity index (χ3v) is 4.73. The second kappa shape index (κ2) is 7.15. The molecule has 1 atom stereocenters. The third-order valence-electron chi connectivity index (χ3n) is 4.73. The van der Waals surface area contributed by atoms with Crippen molar-refractivity contribution in [2.75, 3.05) is 0 Å². The molecule has 0 spiro atoms. The highest BCUT2D eigenvalue weighted by atomic mass is 16.3. The Balaban J connectivity index is 1.79. The summed E-state index contributed by atoms with van der Waals surface area (Å²) in [6.45, 7) is 1.98. The van der Waals surface area contributed by atoms with E-state index in [9.17, 15) is 14.7 Å². The number of ketones is 1. The largest absolute Gasteiger partial charge is 0.503 e. The minimum absolute atomic E-state index is 0.0153. The Morgan fingerprint density at radius 1 is 1.11 bits per heavy atom. The molecule has 1 N–H and O–H groups in total. The third kappa shape index (κ3) is 3.09. The number of aliphatic hydroxyl groups excluding tert-OH is 1. The number of carbonyl (C=O) groups is 2. The van der Waals surface area contributed by atoms with Gasteiger partial charge in [-0.3, -0.25) is 14.6 Å². The summed E-state index contributed by atoms with van der Waals surface area (Å²) in [7, 11) is 0. The van der Waals surface area contributed by atoms with Crippen LogP contribution in [0.4, 0.5) is 0 Å². The van der Waals surface area contributed by atoms with Gasteiger partial charge >= 0.3 is 0 Å². The monoisotopic (exact) mass is 374 g/mol. The van der Waals surface area contributed by atoms with Crippen LogP contribution in [-0.4, -0.2) is 26.7 Å². The molecular formula is C22H18N2O4. The minimum Gasteiger partial charge on any atom is -0.503 e. The van der Waals surface area contributed by atoms with E-state index in [2.05, 4.69) is 4.98 Å². The average Bonchev–Trinajstić information content (AvgIpc) is 3.26. The molecule has 0 radical (unpaired) electrons. The lowest BCUT2D eigenvalue weighted by atomic mass is 9.95. The Bertz CT molecular complexity index is 1050. The lowest BCUT2D eigenvalue weighted by Gasteiger charge is -2.26. The molecule has 4 rings (SSSR count). The summed E-state index contributed by atoms with van der Waals surface area (Å²) in [6.07, 6.45) is 3.18. The molecule has 6 nitrogen and oxygen atoms in total. The van der Waals surface area contributed by atoms with Crippen molar-refractivity contribution in [3.05, 3.63) is 101 Å². The Hall–Kier alpha value is -3.67. The zero-order chi connectivity index (χ0) is 19.7. The molecule has 3 aromatic rings. The highest BCUT2D eigenvalue weighted by Crippen LogP contribution is 2.39. The van der Waals surface area contributed by atoms with E-state index in [0.29, 0.717) is 11.3 Å². The van der Waals surface area contributed by atoms with Gasteiger partial charge in [0.1, 0.15) is 5.76 Å². The number of amides is 1. The summed E-state index contributed by atoms with van der Waals surface area (Å²) in [6, 6.07) is 15.4. The van der Waals surface area contributed by atoms with Crippen molar-refractivity contribution in [3.63, 3.8) is 0 Å². The molecule has 1 aliphatic rings. The first-order valence-electron chi connectivity index (χ1n) is 8.85. The topological polar surface area (TPSA) is 83.6 Å². The standard InChI is InChI=1S/C22H18N2O4/c1-14-7-8-17(28-14)20(25)18-19(16-9-11-23-12-10-16)24(22(27)21(18)26)13-15-5-3-2-4-6-15/h2-12,19,26H,13H2,1H3/t19-/m1/s1. The van der Waals surface area contributed by atoms with Gasteiger partial charge in [0.15, 0.2) is 11.5 Å². The van der Waals surface area contributed by atoms with E-state index in [4.69, 9.17) is 4.42 Å². The number of aromatic nitrogens is 1. The van der Waals surface area contributed by atoms with Gasteiger partial charge in [0.2, 0.25) is 5.78 Å². The van der Waals surface area contributed by atoms with Crippen molar-refractivity contribution in [1.29, 1.82) is 0 Å². The quantitative estimate of drug-likeness (QED) is 0.688. The number of carbonyl (C=O) groups excluding carboxylic acids is 2. The Kier molecular flexibility index (Phi) is 4.53. The van der Waals surface area contributed by atoms with Gasteiger partial charge in [-0.25, -0.2) is 0 Å². The molecule has 1 aromatic carbocycles. The fourth-order valence-electron chi connectivity index (χ4n) is 3.41. The van der Waals surface area contributed by atoms with Gasteiger partial charge in [-0.05, 0) is 42.3 Å². The summed E-state index contributed by atoms with van der Waals surface area (Å²) >= 11 is 0. The van der Waals surface area contributed by atoms with E-state index in [1.165, 1.54) is 4.90 Å². The number of Topliss-reactive ketones (excluding diaryl/α,β-unsaturated/α-hetero) is 1. The number of benzene rings is 1. The van der Waals surface area contributed by atoms with E-state index < -0.39 is 23.5 Å². The van der Waals surface area contributed by atoms with Gasteiger partial charge in [-0.1, -0.05) is 30.3 Å². The maximum atomic E-state index is 13.1. The number of furan rings is 1. The summed E-state index contributed by atoms with van der Waals surface area (Å²) in [5.74, 6) is -0.966. The van der Waals surface area contributed by atoms with Crippen molar-refractivity contribution in [2.24, 2.45) is 0 Å². The van der Waals surface area contributed by atoms with Crippen LogP contribution in [0.15, 0.2) is 82.7 Å².